The van der Waals surface area contributed by atoms with Crippen molar-refractivity contribution in [3.63, 3.8) is 0 Å². The van der Waals surface area contributed by atoms with Gasteiger partial charge in [0.15, 0.2) is 0 Å². The summed E-state index contributed by atoms with van der Waals surface area (Å²) in [5.74, 6) is 1.36. The Morgan fingerprint density at radius 2 is 1.91 bits per heavy atom. The maximum Gasteiger partial charge on any atom is 0.302 e. The number of anilines is 1. The zero-order valence-electron chi connectivity index (χ0n) is 18.9. The molecule has 166 valence electrons. The van der Waals surface area contributed by atoms with Gasteiger partial charge in [0.25, 0.3) is 0 Å². The first-order valence-electron chi connectivity index (χ1n) is 11.0. The fraction of sp³-hybridized carbons (Fsp3) is 0.360. The number of hydrogen-bond donors (Lipinski definition) is 1. The van der Waals surface area contributed by atoms with Crippen molar-refractivity contribution in [3.05, 3.63) is 70.7 Å². The Morgan fingerprint density at radius 3 is 2.62 bits per heavy atom. The largest absolute Gasteiger partial charge is 0.460 e. The third-order valence-electron chi connectivity index (χ3n) is 5.56. The van der Waals surface area contributed by atoms with Gasteiger partial charge in [-0.1, -0.05) is 38.1 Å². The number of esters is 1. The first kappa shape index (κ1) is 21.7. The molecule has 2 aromatic heterocycles. The SMILES string of the molecule is CCc1nc(Oc2cc(C)ccn2)c(CC)nc1N[C@H]1c2ccccc2C[C@@H]1OC(C)=O. The molecule has 0 fully saturated rings. The van der Waals surface area contributed by atoms with Crippen LogP contribution in [-0.2, 0) is 28.8 Å². The number of hydrogen-bond acceptors (Lipinski definition) is 7. The van der Waals surface area contributed by atoms with Gasteiger partial charge >= 0.3 is 5.97 Å². The van der Waals surface area contributed by atoms with Gasteiger partial charge in [-0.2, -0.15) is 0 Å². The van der Waals surface area contributed by atoms with Crippen molar-refractivity contribution in [2.45, 2.75) is 59.1 Å². The van der Waals surface area contributed by atoms with Gasteiger partial charge < -0.3 is 14.8 Å². The number of aryl methyl sites for hydroxylation is 3. The van der Waals surface area contributed by atoms with Crippen LogP contribution in [-0.4, -0.2) is 27.0 Å². The minimum atomic E-state index is -0.297. The van der Waals surface area contributed by atoms with Gasteiger partial charge in [-0.3, -0.25) is 4.79 Å². The molecule has 0 unspecified atom stereocenters. The molecule has 0 bridgehead atoms. The lowest BCUT2D eigenvalue weighted by Gasteiger charge is -2.24. The lowest BCUT2D eigenvalue weighted by atomic mass is 10.1. The molecular weight excluding hydrogens is 404 g/mol. The van der Waals surface area contributed by atoms with E-state index in [0.29, 0.717) is 36.8 Å². The van der Waals surface area contributed by atoms with E-state index in [2.05, 4.69) is 22.4 Å². The zero-order valence-corrected chi connectivity index (χ0v) is 18.9. The first-order chi connectivity index (χ1) is 15.5. The van der Waals surface area contributed by atoms with Crippen LogP contribution in [0.1, 0.15) is 54.9 Å². The lowest BCUT2D eigenvalue weighted by Crippen LogP contribution is -2.27. The van der Waals surface area contributed by atoms with Gasteiger partial charge in [-0.05, 0) is 42.5 Å². The molecule has 1 aromatic carbocycles. The number of pyridine rings is 1. The van der Waals surface area contributed by atoms with E-state index in [-0.39, 0.29) is 18.1 Å². The van der Waals surface area contributed by atoms with E-state index in [1.54, 1.807) is 6.20 Å². The second-order valence-electron chi connectivity index (χ2n) is 7.92. The van der Waals surface area contributed by atoms with Gasteiger partial charge in [-0.15, -0.1) is 0 Å². The Hall–Kier alpha value is -3.48. The molecule has 0 aliphatic heterocycles. The normalized spacial score (nSPS) is 17.0. The van der Waals surface area contributed by atoms with Gasteiger partial charge in [0, 0.05) is 25.6 Å². The highest BCUT2D eigenvalue weighted by Crippen LogP contribution is 2.37. The summed E-state index contributed by atoms with van der Waals surface area (Å²) in [5.41, 5.74) is 4.87. The van der Waals surface area contributed by atoms with Crippen LogP contribution in [0.15, 0.2) is 42.6 Å². The van der Waals surface area contributed by atoms with Crippen molar-refractivity contribution in [2.75, 3.05) is 5.32 Å². The van der Waals surface area contributed by atoms with Crippen LogP contribution < -0.4 is 10.1 Å². The van der Waals surface area contributed by atoms with Crippen LogP contribution in [0.25, 0.3) is 0 Å². The average molecular weight is 433 g/mol. The molecule has 0 radical (unpaired) electrons. The van der Waals surface area contributed by atoms with E-state index in [1.165, 1.54) is 12.5 Å². The fourth-order valence-electron chi connectivity index (χ4n) is 4.02. The highest BCUT2D eigenvalue weighted by Gasteiger charge is 2.35. The second-order valence-corrected chi connectivity index (χ2v) is 7.92. The zero-order chi connectivity index (χ0) is 22.7. The lowest BCUT2D eigenvalue weighted by molar-refractivity contribution is -0.146. The van der Waals surface area contributed by atoms with Crippen LogP contribution in [0.3, 0.4) is 0 Å². The minimum absolute atomic E-state index is 0.190. The molecule has 0 saturated heterocycles. The quantitative estimate of drug-likeness (QED) is 0.540. The molecule has 0 saturated carbocycles. The second kappa shape index (κ2) is 9.34. The molecule has 1 aliphatic carbocycles. The smallest absolute Gasteiger partial charge is 0.302 e. The molecule has 7 nitrogen and oxygen atoms in total. The van der Waals surface area contributed by atoms with E-state index in [9.17, 15) is 4.79 Å². The molecule has 7 heteroatoms. The molecule has 0 spiro atoms. The Labute approximate surface area is 188 Å². The number of carbonyl (C=O) groups is 1. The van der Waals surface area contributed by atoms with Gasteiger partial charge in [0.2, 0.25) is 11.8 Å². The van der Waals surface area contributed by atoms with E-state index >= 15 is 0 Å². The van der Waals surface area contributed by atoms with Crippen molar-refractivity contribution in [2.24, 2.45) is 0 Å². The van der Waals surface area contributed by atoms with Crippen LogP contribution in [0.5, 0.6) is 11.8 Å². The molecule has 3 aromatic rings. The van der Waals surface area contributed by atoms with Crippen molar-refractivity contribution in [3.8, 4) is 11.8 Å². The molecule has 1 N–H and O–H groups in total. The Bertz CT molecular complexity index is 1130. The summed E-state index contributed by atoms with van der Waals surface area (Å²) in [6.07, 6.45) is 3.41. The molecule has 1 aliphatic rings. The van der Waals surface area contributed by atoms with Crippen molar-refractivity contribution < 1.29 is 14.3 Å². The van der Waals surface area contributed by atoms with Crippen LogP contribution >= 0.6 is 0 Å². The summed E-state index contributed by atoms with van der Waals surface area (Å²) in [6.45, 7) is 7.48. The van der Waals surface area contributed by atoms with Gasteiger partial charge in [0.1, 0.15) is 17.6 Å². The highest BCUT2D eigenvalue weighted by atomic mass is 16.5. The molecule has 2 atom stereocenters. The number of benzene rings is 1. The van der Waals surface area contributed by atoms with E-state index in [4.69, 9.17) is 19.4 Å². The Morgan fingerprint density at radius 1 is 1.12 bits per heavy atom. The van der Waals surface area contributed by atoms with Crippen LogP contribution in [0.2, 0.25) is 0 Å². The van der Waals surface area contributed by atoms with Crippen molar-refractivity contribution in [1.29, 1.82) is 0 Å². The van der Waals surface area contributed by atoms with E-state index < -0.39 is 0 Å². The Balaban J connectivity index is 1.67. The van der Waals surface area contributed by atoms with Crippen LogP contribution in [0.4, 0.5) is 5.82 Å². The summed E-state index contributed by atoms with van der Waals surface area (Å²) in [4.78, 5) is 25.6. The summed E-state index contributed by atoms with van der Waals surface area (Å²) >= 11 is 0. The summed E-state index contributed by atoms with van der Waals surface area (Å²) in [7, 11) is 0. The molecule has 0 amide bonds. The average Bonchev–Trinajstić information content (AvgIpc) is 3.10. The number of carbonyl (C=O) groups excluding carboxylic acids is 1. The van der Waals surface area contributed by atoms with Crippen molar-refractivity contribution in [1.82, 2.24) is 15.0 Å². The maximum atomic E-state index is 11.7. The third-order valence-corrected chi connectivity index (χ3v) is 5.56. The topological polar surface area (TPSA) is 86.2 Å². The summed E-state index contributed by atoms with van der Waals surface area (Å²) < 4.78 is 11.6. The summed E-state index contributed by atoms with van der Waals surface area (Å²) in [6, 6.07) is 11.7. The maximum absolute atomic E-state index is 11.7. The third kappa shape index (κ3) is 4.56. The summed E-state index contributed by atoms with van der Waals surface area (Å²) in [5, 5.41) is 3.52. The minimum Gasteiger partial charge on any atom is -0.460 e. The molecule has 4 rings (SSSR count). The Kier molecular flexibility index (Phi) is 6.35. The van der Waals surface area contributed by atoms with E-state index in [0.717, 1.165) is 22.5 Å². The predicted molar refractivity (Wildman–Crippen MR) is 122 cm³/mol. The van der Waals surface area contributed by atoms with Gasteiger partial charge in [-0.25, -0.2) is 15.0 Å². The fourth-order valence-corrected chi connectivity index (χ4v) is 4.02. The van der Waals surface area contributed by atoms with E-state index in [1.807, 2.05) is 45.0 Å². The highest BCUT2D eigenvalue weighted by molar-refractivity contribution is 5.66. The number of rotatable bonds is 7. The monoisotopic (exact) mass is 432 g/mol. The van der Waals surface area contributed by atoms with Crippen molar-refractivity contribution >= 4 is 11.8 Å². The standard InChI is InChI=1S/C25H28N4O3/c1-5-19-24(27-20(6-2)25(28-19)32-22-13-15(3)11-12-26-22)29-23-18-10-8-7-9-17(18)14-21(23)31-16(4)30/h7-13,21,23H,5-6,14H2,1-4H3,(H,27,29)/t21-,23-/m0/s1. The molecule has 32 heavy (non-hydrogen) atoms. The van der Waals surface area contributed by atoms with Gasteiger partial charge in [0.05, 0.1) is 11.7 Å². The van der Waals surface area contributed by atoms with Crippen LogP contribution in [0, 0.1) is 6.92 Å². The first-order valence-corrected chi connectivity index (χ1v) is 11.0. The number of fused-ring (bicyclic) bond motifs is 1. The molecule has 2 heterocycles. The number of aromatic nitrogens is 3. The number of nitrogens with one attached hydrogen (secondary N) is 1. The number of nitrogens with zero attached hydrogens (tertiary/aromatic N) is 3. The molecular formula is C25H28N4O3. The predicted octanol–water partition coefficient (Wildman–Crippen LogP) is 4.74. The number of ether oxygens (including phenoxy) is 2.